The fraction of sp³-hybridized carbons (Fsp3) is 0.188. The van der Waals surface area contributed by atoms with Crippen LogP contribution in [0.15, 0.2) is 51.7 Å². The van der Waals surface area contributed by atoms with Gasteiger partial charge in [-0.1, -0.05) is 42.1 Å². The van der Waals surface area contributed by atoms with Gasteiger partial charge in [0.1, 0.15) is 4.83 Å². The molecule has 124 valence electrons. The number of hydrogen-bond acceptors (Lipinski definition) is 6. The molecule has 3 aromatic rings. The first kappa shape index (κ1) is 16.7. The molecule has 0 aliphatic rings. The molecule has 1 N–H and O–H groups in total. The minimum atomic E-state index is -0.281. The Morgan fingerprint density at radius 1 is 1.33 bits per heavy atom. The molecule has 0 bridgehead atoms. The van der Waals surface area contributed by atoms with Crippen molar-refractivity contribution < 1.29 is 9.63 Å². The Labute approximate surface area is 146 Å². The molecular weight excluding hydrogens is 346 g/mol. The Morgan fingerprint density at radius 2 is 2.12 bits per heavy atom. The summed E-state index contributed by atoms with van der Waals surface area (Å²) in [5.74, 6) is -0.164. The molecule has 0 spiro atoms. The normalized spacial score (nSPS) is 10.9. The summed E-state index contributed by atoms with van der Waals surface area (Å²) in [5, 5.41) is 2.94. The summed E-state index contributed by atoms with van der Waals surface area (Å²) in [6, 6.07) is 11.3. The average Bonchev–Trinajstić information content (AvgIpc) is 3.06. The van der Waals surface area contributed by atoms with Crippen molar-refractivity contribution in [3.8, 4) is 0 Å². The molecule has 2 aromatic heterocycles. The van der Waals surface area contributed by atoms with E-state index in [1.807, 2.05) is 35.7 Å². The number of nitrogens with one attached hydrogen (secondary N) is 1. The van der Waals surface area contributed by atoms with Gasteiger partial charge < -0.3 is 0 Å². The van der Waals surface area contributed by atoms with Crippen LogP contribution < -0.4 is 11.0 Å². The number of nitrogens with zero attached hydrogens (tertiary/aromatic N) is 2. The highest BCUT2D eigenvalue weighted by Gasteiger charge is 2.11. The molecule has 3 rings (SSSR count). The second-order valence-electron chi connectivity index (χ2n) is 4.99. The molecule has 1 aromatic carbocycles. The Bertz CT molecular complexity index is 906. The monoisotopic (exact) mass is 361 g/mol. The Balaban J connectivity index is 1.54. The van der Waals surface area contributed by atoms with Crippen molar-refractivity contribution in [2.45, 2.75) is 11.8 Å². The van der Waals surface area contributed by atoms with E-state index in [4.69, 9.17) is 4.84 Å². The first-order valence-electron chi connectivity index (χ1n) is 7.17. The number of rotatable bonds is 6. The van der Waals surface area contributed by atoms with Gasteiger partial charge in [0.25, 0.3) is 11.5 Å². The number of carbonyl (C=O) groups is 1. The molecule has 2 heterocycles. The van der Waals surface area contributed by atoms with Gasteiger partial charge in [-0.25, -0.2) is 10.5 Å². The average molecular weight is 361 g/mol. The number of fused-ring (bicyclic) bond motifs is 1. The molecule has 24 heavy (non-hydrogen) atoms. The summed E-state index contributed by atoms with van der Waals surface area (Å²) in [7, 11) is 1.65. The van der Waals surface area contributed by atoms with Gasteiger partial charge in [0, 0.05) is 7.05 Å². The molecule has 8 heteroatoms. The van der Waals surface area contributed by atoms with Crippen LogP contribution in [0.4, 0.5) is 0 Å². The first-order chi connectivity index (χ1) is 11.6. The van der Waals surface area contributed by atoms with Gasteiger partial charge in [-0.2, -0.15) is 0 Å². The van der Waals surface area contributed by atoms with Crippen molar-refractivity contribution in [1.29, 1.82) is 0 Å². The maximum absolute atomic E-state index is 12.2. The number of carbonyl (C=O) groups excluding carboxylic acids is 1. The highest BCUT2D eigenvalue weighted by molar-refractivity contribution is 7.99. The predicted octanol–water partition coefficient (Wildman–Crippen LogP) is 2.34. The fourth-order valence-electron chi connectivity index (χ4n) is 2.04. The van der Waals surface area contributed by atoms with E-state index in [1.165, 1.54) is 27.7 Å². The number of benzene rings is 1. The van der Waals surface area contributed by atoms with Crippen LogP contribution in [-0.4, -0.2) is 21.2 Å². The van der Waals surface area contributed by atoms with Crippen molar-refractivity contribution in [3.63, 3.8) is 0 Å². The van der Waals surface area contributed by atoms with Gasteiger partial charge in [-0.05, 0) is 17.0 Å². The van der Waals surface area contributed by atoms with E-state index >= 15 is 0 Å². The molecule has 6 nitrogen and oxygen atoms in total. The third kappa shape index (κ3) is 3.84. The Morgan fingerprint density at radius 3 is 2.92 bits per heavy atom. The van der Waals surface area contributed by atoms with Crippen LogP contribution in [0.2, 0.25) is 0 Å². The van der Waals surface area contributed by atoms with Gasteiger partial charge >= 0.3 is 0 Å². The molecule has 0 atom stereocenters. The highest BCUT2D eigenvalue weighted by atomic mass is 32.2. The summed E-state index contributed by atoms with van der Waals surface area (Å²) in [4.78, 5) is 34.3. The lowest BCUT2D eigenvalue weighted by molar-refractivity contribution is -0.131. The van der Waals surface area contributed by atoms with Gasteiger partial charge in [0.2, 0.25) is 0 Å². The van der Waals surface area contributed by atoms with Gasteiger partial charge in [-0.15, -0.1) is 11.3 Å². The van der Waals surface area contributed by atoms with E-state index in [1.54, 1.807) is 13.1 Å². The van der Waals surface area contributed by atoms with Gasteiger partial charge in [0.15, 0.2) is 5.16 Å². The van der Waals surface area contributed by atoms with E-state index in [0.717, 1.165) is 5.56 Å². The molecule has 1 amide bonds. The van der Waals surface area contributed by atoms with Crippen molar-refractivity contribution in [3.05, 3.63) is 57.7 Å². The minimum absolute atomic E-state index is 0.107. The van der Waals surface area contributed by atoms with Crippen LogP contribution >= 0.6 is 23.1 Å². The lowest BCUT2D eigenvalue weighted by Crippen LogP contribution is -2.26. The lowest BCUT2D eigenvalue weighted by atomic mass is 10.2. The fourth-order valence-corrected chi connectivity index (χ4v) is 3.61. The maximum Gasteiger partial charge on any atom is 0.262 e. The van der Waals surface area contributed by atoms with Crippen LogP contribution in [-0.2, 0) is 23.3 Å². The molecule has 0 saturated carbocycles. The Kier molecular flexibility index (Phi) is 5.29. The molecule has 0 aliphatic heterocycles. The third-order valence-electron chi connectivity index (χ3n) is 3.26. The van der Waals surface area contributed by atoms with Crippen LogP contribution in [0.1, 0.15) is 5.56 Å². The standard InChI is InChI=1S/C16H15N3O3S2/c1-19-15(21)12-7-8-23-14(12)17-16(19)24-10-13(20)18-22-9-11-5-3-2-4-6-11/h2-8H,9-10H2,1H3,(H,18,20). The van der Waals surface area contributed by atoms with E-state index in [2.05, 4.69) is 10.5 Å². The molecule has 0 fully saturated rings. The first-order valence-corrected chi connectivity index (χ1v) is 9.03. The second kappa shape index (κ2) is 7.61. The number of hydrogen-bond donors (Lipinski definition) is 1. The van der Waals surface area contributed by atoms with Gasteiger partial charge in [0.05, 0.1) is 17.7 Å². The quantitative estimate of drug-likeness (QED) is 0.414. The number of thiophene rings is 1. The molecule has 0 aliphatic carbocycles. The van der Waals surface area contributed by atoms with E-state index in [9.17, 15) is 9.59 Å². The molecule has 0 radical (unpaired) electrons. The molecular formula is C16H15N3O3S2. The van der Waals surface area contributed by atoms with Crippen molar-refractivity contribution in [1.82, 2.24) is 15.0 Å². The zero-order valence-corrected chi connectivity index (χ0v) is 14.5. The van der Waals surface area contributed by atoms with Crippen LogP contribution in [0, 0.1) is 0 Å². The summed E-state index contributed by atoms with van der Waals surface area (Å²) in [6.45, 7) is 0.301. The summed E-state index contributed by atoms with van der Waals surface area (Å²) in [5.41, 5.74) is 3.26. The maximum atomic E-state index is 12.2. The second-order valence-corrected chi connectivity index (χ2v) is 6.82. The SMILES string of the molecule is Cn1c(SCC(=O)NOCc2ccccc2)nc2sccc2c1=O. The number of hydroxylamine groups is 1. The van der Waals surface area contributed by atoms with Crippen LogP contribution in [0.3, 0.4) is 0 Å². The molecule has 0 saturated heterocycles. The third-order valence-corrected chi connectivity index (χ3v) is 5.10. The summed E-state index contributed by atoms with van der Waals surface area (Å²) >= 11 is 2.61. The van der Waals surface area contributed by atoms with Crippen molar-refractivity contribution in [2.24, 2.45) is 7.05 Å². The minimum Gasteiger partial charge on any atom is -0.290 e. The zero-order chi connectivity index (χ0) is 16.9. The number of thioether (sulfide) groups is 1. The van der Waals surface area contributed by atoms with Crippen molar-refractivity contribution in [2.75, 3.05) is 5.75 Å². The largest absolute Gasteiger partial charge is 0.290 e. The number of amides is 1. The topological polar surface area (TPSA) is 73.2 Å². The van der Waals surface area contributed by atoms with Crippen LogP contribution in [0.25, 0.3) is 10.2 Å². The Hall–Kier alpha value is -2.16. The lowest BCUT2D eigenvalue weighted by Gasteiger charge is -2.08. The highest BCUT2D eigenvalue weighted by Crippen LogP contribution is 2.20. The van der Waals surface area contributed by atoms with E-state index in [-0.39, 0.29) is 17.2 Å². The van der Waals surface area contributed by atoms with Gasteiger partial charge in [-0.3, -0.25) is 19.0 Å². The van der Waals surface area contributed by atoms with Crippen molar-refractivity contribution >= 4 is 39.2 Å². The summed E-state index contributed by atoms with van der Waals surface area (Å²) < 4.78 is 1.46. The van der Waals surface area contributed by atoms with E-state index in [0.29, 0.717) is 22.0 Å². The molecule has 0 unspecified atom stereocenters. The summed E-state index contributed by atoms with van der Waals surface area (Å²) in [6.07, 6.45) is 0. The predicted molar refractivity (Wildman–Crippen MR) is 95.0 cm³/mol. The number of aromatic nitrogens is 2. The van der Waals surface area contributed by atoms with Crippen LogP contribution in [0.5, 0.6) is 0 Å². The zero-order valence-electron chi connectivity index (χ0n) is 12.9. The smallest absolute Gasteiger partial charge is 0.262 e. The van der Waals surface area contributed by atoms with E-state index < -0.39 is 0 Å².